The SMILES string of the molecule is CCCCCCCCOCCOCCOCCOCCOCc1ccccc1. The Bertz CT molecular complexity index is 413. The van der Waals surface area contributed by atoms with Gasteiger partial charge in [-0.1, -0.05) is 69.4 Å². The Hall–Kier alpha value is -0.980. The third-order valence-electron chi connectivity index (χ3n) is 4.24. The molecule has 0 N–H and O–H groups in total. The largest absolute Gasteiger partial charge is 0.379 e. The van der Waals surface area contributed by atoms with E-state index in [0.717, 1.165) is 13.0 Å². The minimum absolute atomic E-state index is 0.579. The van der Waals surface area contributed by atoms with E-state index in [2.05, 4.69) is 19.1 Å². The van der Waals surface area contributed by atoms with Crippen molar-refractivity contribution in [3.05, 3.63) is 35.9 Å². The lowest BCUT2D eigenvalue weighted by Gasteiger charge is -2.08. The van der Waals surface area contributed by atoms with Crippen molar-refractivity contribution in [3.8, 4) is 0 Å². The van der Waals surface area contributed by atoms with Gasteiger partial charge in [-0.2, -0.15) is 0 Å². The van der Waals surface area contributed by atoms with Gasteiger partial charge in [-0.05, 0) is 12.0 Å². The van der Waals surface area contributed by atoms with Crippen molar-refractivity contribution in [1.82, 2.24) is 0 Å². The van der Waals surface area contributed by atoms with Gasteiger partial charge in [0, 0.05) is 6.61 Å². The zero-order valence-electron chi connectivity index (χ0n) is 17.7. The first kappa shape index (κ1) is 25.1. The molecule has 0 amide bonds. The van der Waals surface area contributed by atoms with Crippen LogP contribution in [-0.2, 0) is 30.3 Å². The van der Waals surface area contributed by atoms with Crippen LogP contribution in [0.15, 0.2) is 30.3 Å². The van der Waals surface area contributed by atoms with Crippen LogP contribution in [0.25, 0.3) is 0 Å². The highest BCUT2D eigenvalue weighted by molar-refractivity contribution is 5.13. The average molecular weight is 397 g/mol. The van der Waals surface area contributed by atoms with Crippen LogP contribution in [0.3, 0.4) is 0 Å². The third kappa shape index (κ3) is 17.1. The zero-order valence-corrected chi connectivity index (χ0v) is 17.7. The Morgan fingerprint density at radius 2 is 0.964 bits per heavy atom. The topological polar surface area (TPSA) is 46.2 Å². The summed E-state index contributed by atoms with van der Waals surface area (Å²) in [6.45, 7) is 8.54. The molecule has 0 atom stereocenters. The van der Waals surface area contributed by atoms with Crippen molar-refractivity contribution in [2.24, 2.45) is 0 Å². The molecule has 162 valence electrons. The molecule has 28 heavy (non-hydrogen) atoms. The maximum absolute atomic E-state index is 5.56. The van der Waals surface area contributed by atoms with E-state index < -0.39 is 0 Å². The van der Waals surface area contributed by atoms with Crippen molar-refractivity contribution in [1.29, 1.82) is 0 Å². The second-order valence-corrected chi connectivity index (χ2v) is 6.76. The van der Waals surface area contributed by atoms with Crippen LogP contribution in [0.2, 0.25) is 0 Å². The normalized spacial score (nSPS) is 11.2. The first-order valence-corrected chi connectivity index (χ1v) is 10.9. The Labute approximate surface area is 171 Å². The molecule has 0 saturated heterocycles. The number of benzene rings is 1. The fraction of sp³-hybridized carbons (Fsp3) is 0.739. The Balaban J connectivity index is 1.67. The molecule has 0 spiro atoms. The predicted octanol–water partition coefficient (Wildman–Crippen LogP) is 4.63. The van der Waals surface area contributed by atoms with E-state index in [0.29, 0.717) is 59.5 Å². The van der Waals surface area contributed by atoms with Crippen LogP contribution in [0.5, 0.6) is 0 Å². The van der Waals surface area contributed by atoms with Gasteiger partial charge >= 0.3 is 0 Å². The van der Waals surface area contributed by atoms with Crippen LogP contribution < -0.4 is 0 Å². The molecule has 1 rings (SSSR count). The Morgan fingerprint density at radius 1 is 0.500 bits per heavy atom. The number of hydrogen-bond acceptors (Lipinski definition) is 5. The minimum atomic E-state index is 0.579. The van der Waals surface area contributed by atoms with E-state index in [-0.39, 0.29) is 0 Å². The van der Waals surface area contributed by atoms with Crippen LogP contribution >= 0.6 is 0 Å². The summed E-state index contributed by atoms with van der Waals surface area (Å²) in [5, 5.41) is 0. The van der Waals surface area contributed by atoms with Crippen LogP contribution in [-0.4, -0.2) is 59.5 Å². The molecule has 5 heteroatoms. The van der Waals surface area contributed by atoms with E-state index >= 15 is 0 Å². The molecule has 0 aliphatic rings. The first-order valence-electron chi connectivity index (χ1n) is 10.9. The summed E-state index contributed by atoms with van der Waals surface area (Å²) in [6.07, 6.45) is 7.77. The molecular weight excluding hydrogens is 356 g/mol. The van der Waals surface area contributed by atoms with Gasteiger partial charge in [-0.15, -0.1) is 0 Å². The molecule has 0 aliphatic heterocycles. The number of hydrogen-bond donors (Lipinski definition) is 0. The molecule has 1 aromatic rings. The molecule has 0 radical (unpaired) electrons. The second kappa shape index (κ2) is 20.7. The Kier molecular flexibility index (Phi) is 18.6. The minimum Gasteiger partial charge on any atom is -0.379 e. The summed E-state index contributed by atoms with van der Waals surface area (Å²) in [5.41, 5.74) is 1.18. The molecule has 0 aromatic heterocycles. The number of unbranched alkanes of at least 4 members (excludes halogenated alkanes) is 5. The number of rotatable bonds is 21. The molecule has 0 heterocycles. The van der Waals surface area contributed by atoms with Gasteiger partial charge in [0.05, 0.1) is 59.5 Å². The average Bonchev–Trinajstić information content (AvgIpc) is 2.73. The zero-order chi connectivity index (χ0) is 20.0. The van der Waals surface area contributed by atoms with Gasteiger partial charge in [0.1, 0.15) is 0 Å². The summed E-state index contributed by atoms with van der Waals surface area (Å²) < 4.78 is 27.5. The predicted molar refractivity (Wildman–Crippen MR) is 113 cm³/mol. The van der Waals surface area contributed by atoms with Gasteiger partial charge in [-0.25, -0.2) is 0 Å². The molecule has 5 nitrogen and oxygen atoms in total. The van der Waals surface area contributed by atoms with E-state index in [9.17, 15) is 0 Å². The van der Waals surface area contributed by atoms with Crippen LogP contribution in [0.4, 0.5) is 0 Å². The first-order chi connectivity index (χ1) is 13.9. The lowest BCUT2D eigenvalue weighted by Crippen LogP contribution is -2.13. The lowest BCUT2D eigenvalue weighted by atomic mass is 10.1. The van der Waals surface area contributed by atoms with Gasteiger partial charge in [-0.3, -0.25) is 0 Å². The molecule has 0 aliphatic carbocycles. The smallest absolute Gasteiger partial charge is 0.0718 e. The quantitative estimate of drug-likeness (QED) is 0.284. The van der Waals surface area contributed by atoms with Crippen molar-refractivity contribution in [3.63, 3.8) is 0 Å². The van der Waals surface area contributed by atoms with Crippen molar-refractivity contribution in [2.75, 3.05) is 59.5 Å². The van der Waals surface area contributed by atoms with Crippen molar-refractivity contribution < 1.29 is 23.7 Å². The van der Waals surface area contributed by atoms with E-state index in [1.54, 1.807) is 0 Å². The molecule has 0 unspecified atom stereocenters. The van der Waals surface area contributed by atoms with Crippen molar-refractivity contribution in [2.45, 2.75) is 52.1 Å². The lowest BCUT2D eigenvalue weighted by molar-refractivity contribution is -0.0126. The molecule has 1 aromatic carbocycles. The van der Waals surface area contributed by atoms with Gasteiger partial charge < -0.3 is 23.7 Å². The van der Waals surface area contributed by atoms with Crippen molar-refractivity contribution >= 4 is 0 Å². The molecule has 0 bridgehead atoms. The summed E-state index contributed by atoms with van der Waals surface area (Å²) in [7, 11) is 0. The molecular formula is C23H40O5. The van der Waals surface area contributed by atoms with Gasteiger partial charge in [0.15, 0.2) is 0 Å². The fourth-order valence-corrected chi connectivity index (χ4v) is 2.63. The maximum atomic E-state index is 5.56. The summed E-state index contributed by atoms with van der Waals surface area (Å²) in [4.78, 5) is 0. The summed E-state index contributed by atoms with van der Waals surface area (Å²) >= 11 is 0. The monoisotopic (exact) mass is 396 g/mol. The Morgan fingerprint density at radius 3 is 1.54 bits per heavy atom. The highest BCUT2D eigenvalue weighted by Gasteiger charge is 1.95. The van der Waals surface area contributed by atoms with Crippen LogP contribution in [0.1, 0.15) is 51.0 Å². The van der Waals surface area contributed by atoms with Gasteiger partial charge in [0.2, 0.25) is 0 Å². The van der Waals surface area contributed by atoms with E-state index in [4.69, 9.17) is 23.7 Å². The summed E-state index contributed by atoms with van der Waals surface area (Å²) in [6, 6.07) is 10.1. The molecule has 0 fully saturated rings. The standard InChI is InChI=1S/C23H40O5/c1-2-3-4-5-6-10-13-24-14-15-25-16-17-26-18-19-27-20-21-28-22-23-11-8-7-9-12-23/h7-9,11-12H,2-6,10,13-22H2,1H3. The van der Waals surface area contributed by atoms with Crippen LogP contribution in [0, 0.1) is 0 Å². The highest BCUT2D eigenvalue weighted by Crippen LogP contribution is 2.04. The van der Waals surface area contributed by atoms with E-state index in [1.807, 2.05) is 18.2 Å². The maximum Gasteiger partial charge on any atom is 0.0718 e. The number of ether oxygens (including phenoxy) is 5. The molecule has 0 saturated carbocycles. The van der Waals surface area contributed by atoms with E-state index in [1.165, 1.54) is 37.7 Å². The highest BCUT2D eigenvalue weighted by atomic mass is 16.6. The third-order valence-corrected chi connectivity index (χ3v) is 4.24. The summed E-state index contributed by atoms with van der Waals surface area (Å²) in [5.74, 6) is 0. The second-order valence-electron chi connectivity index (χ2n) is 6.76. The van der Waals surface area contributed by atoms with Gasteiger partial charge in [0.25, 0.3) is 0 Å². The fourth-order valence-electron chi connectivity index (χ4n) is 2.63.